The molecule has 2 heterocycles. The van der Waals surface area contributed by atoms with Crippen molar-refractivity contribution in [3.63, 3.8) is 0 Å². The number of amides is 1. The monoisotopic (exact) mass is 353 g/mol. The quantitative estimate of drug-likeness (QED) is 0.607. The molecule has 1 fully saturated rings. The molecule has 1 saturated heterocycles. The third-order valence-electron chi connectivity index (χ3n) is 4.51. The maximum atomic E-state index is 12.3. The maximum Gasteiger partial charge on any atom is 0.262 e. The van der Waals surface area contributed by atoms with Gasteiger partial charge >= 0.3 is 0 Å². The standard InChI is InChI=1S/C16H23N3O4S/c1-13(20)19-9-6-14-12-15(4-5-16(14)19)24(21,22)17-23-11-10-18-7-2-3-8-18/h4-5,12,17H,2-3,6-11H2,1H3. The molecule has 1 aromatic rings. The van der Waals surface area contributed by atoms with E-state index in [1.807, 2.05) is 0 Å². The molecule has 0 unspecified atom stereocenters. The minimum atomic E-state index is -3.71. The Kier molecular flexibility index (Phi) is 5.19. The van der Waals surface area contributed by atoms with Gasteiger partial charge in [-0.1, -0.05) is 4.89 Å². The molecule has 0 aliphatic carbocycles. The van der Waals surface area contributed by atoms with Crippen molar-refractivity contribution in [3.8, 4) is 0 Å². The van der Waals surface area contributed by atoms with Gasteiger partial charge in [0.2, 0.25) is 5.91 Å². The van der Waals surface area contributed by atoms with Gasteiger partial charge in [0.05, 0.1) is 11.5 Å². The highest BCUT2D eigenvalue weighted by molar-refractivity contribution is 7.89. The molecule has 0 atom stereocenters. The lowest BCUT2D eigenvalue weighted by molar-refractivity contribution is -0.116. The molecule has 2 aliphatic heterocycles. The number of fused-ring (bicyclic) bond motifs is 1. The van der Waals surface area contributed by atoms with E-state index < -0.39 is 10.0 Å². The zero-order valence-electron chi connectivity index (χ0n) is 13.8. The molecule has 8 heteroatoms. The van der Waals surface area contributed by atoms with Gasteiger partial charge < -0.3 is 9.80 Å². The lowest BCUT2D eigenvalue weighted by Crippen LogP contribution is -2.30. The molecule has 0 spiro atoms. The zero-order valence-corrected chi connectivity index (χ0v) is 14.6. The molecule has 1 N–H and O–H groups in total. The molecule has 132 valence electrons. The number of anilines is 1. The smallest absolute Gasteiger partial charge is 0.262 e. The van der Waals surface area contributed by atoms with Crippen molar-refractivity contribution in [2.75, 3.05) is 37.7 Å². The number of carbonyl (C=O) groups is 1. The largest absolute Gasteiger partial charge is 0.312 e. The molecule has 3 rings (SSSR count). The second-order valence-electron chi connectivity index (χ2n) is 6.20. The zero-order chi connectivity index (χ0) is 17.2. The Morgan fingerprint density at radius 2 is 2.00 bits per heavy atom. The van der Waals surface area contributed by atoms with Gasteiger partial charge in [-0.15, -0.1) is 0 Å². The molecule has 2 aliphatic rings. The lowest BCUT2D eigenvalue weighted by atomic mass is 10.2. The summed E-state index contributed by atoms with van der Waals surface area (Å²) in [5.41, 5.74) is 1.65. The van der Waals surface area contributed by atoms with Crippen LogP contribution in [0.1, 0.15) is 25.3 Å². The average Bonchev–Trinajstić information content (AvgIpc) is 3.20. The van der Waals surface area contributed by atoms with Crippen LogP contribution in [0.3, 0.4) is 0 Å². The number of benzene rings is 1. The summed E-state index contributed by atoms with van der Waals surface area (Å²) in [4.78, 5) is 23.0. The normalized spacial score (nSPS) is 18.1. The lowest BCUT2D eigenvalue weighted by Gasteiger charge is -2.16. The fourth-order valence-electron chi connectivity index (χ4n) is 3.22. The first kappa shape index (κ1) is 17.3. The van der Waals surface area contributed by atoms with E-state index in [2.05, 4.69) is 9.79 Å². The van der Waals surface area contributed by atoms with Crippen molar-refractivity contribution in [2.24, 2.45) is 0 Å². The minimum absolute atomic E-state index is 0.0345. The van der Waals surface area contributed by atoms with Crippen LogP contribution in [0.15, 0.2) is 23.1 Å². The third kappa shape index (κ3) is 3.77. The first-order valence-electron chi connectivity index (χ1n) is 8.24. The van der Waals surface area contributed by atoms with Crippen molar-refractivity contribution >= 4 is 21.6 Å². The SMILES string of the molecule is CC(=O)N1CCc2cc(S(=O)(=O)NOCCN3CCCC3)ccc21. The second-order valence-corrected chi connectivity index (χ2v) is 7.84. The summed E-state index contributed by atoms with van der Waals surface area (Å²) >= 11 is 0. The predicted molar refractivity (Wildman–Crippen MR) is 90.1 cm³/mol. The fraction of sp³-hybridized carbons (Fsp3) is 0.562. The fourth-order valence-corrected chi connectivity index (χ4v) is 4.10. The summed E-state index contributed by atoms with van der Waals surface area (Å²) in [7, 11) is -3.71. The van der Waals surface area contributed by atoms with Gasteiger partial charge in [-0.3, -0.25) is 9.63 Å². The van der Waals surface area contributed by atoms with Crippen LogP contribution in [-0.4, -0.2) is 52.0 Å². The number of hydrogen-bond donors (Lipinski definition) is 1. The highest BCUT2D eigenvalue weighted by Gasteiger charge is 2.25. The summed E-state index contributed by atoms with van der Waals surface area (Å²) < 4.78 is 24.6. The van der Waals surface area contributed by atoms with E-state index in [-0.39, 0.29) is 10.8 Å². The third-order valence-corrected chi connectivity index (χ3v) is 5.73. The number of hydrogen-bond acceptors (Lipinski definition) is 5. The van der Waals surface area contributed by atoms with Crippen molar-refractivity contribution in [1.29, 1.82) is 0 Å². The van der Waals surface area contributed by atoms with Crippen LogP contribution >= 0.6 is 0 Å². The Bertz CT molecular complexity index is 714. The maximum absolute atomic E-state index is 12.3. The predicted octanol–water partition coefficient (Wildman–Crippen LogP) is 0.901. The Morgan fingerprint density at radius 3 is 2.71 bits per heavy atom. The van der Waals surface area contributed by atoms with E-state index in [1.54, 1.807) is 17.0 Å². The van der Waals surface area contributed by atoms with E-state index >= 15 is 0 Å². The summed E-state index contributed by atoms with van der Waals surface area (Å²) in [5.74, 6) is -0.0345. The highest BCUT2D eigenvalue weighted by atomic mass is 32.2. The molecule has 0 saturated carbocycles. The Balaban J connectivity index is 1.59. The van der Waals surface area contributed by atoms with Crippen LogP contribution in [0.25, 0.3) is 0 Å². The molecular weight excluding hydrogens is 330 g/mol. The van der Waals surface area contributed by atoms with Crippen molar-refractivity contribution in [3.05, 3.63) is 23.8 Å². The second kappa shape index (κ2) is 7.18. The van der Waals surface area contributed by atoms with Gasteiger partial charge in [0.1, 0.15) is 0 Å². The molecule has 0 bridgehead atoms. The summed E-state index contributed by atoms with van der Waals surface area (Å²) in [6.45, 7) is 5.24. The molecular formula is C16H23N3O4S. The van der Waals surface area contributed by atoms with Crippen LogP contribution in [0.4, 0.5) is 5.69 Å². The average molecular weight is 353 g/mol. The number of likely N-dealkylation sites (tertiary alicyclic amines) is 1. The van der Waals surface area contributed by atoms with Crippen LogP contribution in [0, 0.1) is 0 Å². The van der Waals surface area contributed by atoms with Gasteiger partial charge in [-0.2, -0.15) is 0 Å². The highest BCUT2D eigenvalue weighted by Crippen LogP contribution is 2.30. The first-order chi connectivity index (χ1) is 11.5. The Hall–Kier alpha value is -1.48. The number of sulfonamides is 1. The number of nitrogens with one attached hydrogen (secondary N) is 1. The van der Waals surface area contributed by atoms with E-state index in [0.29, 0.717) is 19.6 Å². The van der Waals surface area contributed by atoms with Crippen LogP contribution in [-0.2, 0) is 26.1 Å². The Labute approximate surface area is 142 Å². The van der Waals surface area contributed by atoms with Gasteiger partial charge in [0, 0.05) is 25.7 Å². The van der Waals surface area contributed by atoms with Crippen molar-refractivity contribution in [2.45, 2.75) is 31.1 Å². The van der Waals surface area contributed by atoms with Crippen LogP contribution < -0.4 is 9.79 Å². The van der Waals surface area contributed by atoms with Gasteiger partial charge in [0.15, 0.2) is 0 Å². The summed E-state index contributed by atoms with van der Waals surface area (Å²) in [5, 5.41) is 0. The Morgan fingerprint density at radius 1 is 1.25 bits per heavy atom. The van der Waals surface area contributed by atoms with E-state index in [0.717, 1.165) is 30.9 Å². The number of rotatable bonds is 6. The van der Waals surface area contributed by atoms with Crippen molar-refractivity contribution < 1.29 is 18.0 Å². The van der Waals surface area contributed by atoms with Crippen LogP contribution in [0.5, 0.6) is 0 Å². The molecule has 24 heavy (non-hydrogen) atoms. The molecule has 0 radical (unpaired) electrons. The first-order valence-corrected chi connectivity index (χ1v) is 9.73. The van der Waals surface area contributed by atoms with E-state index in [1.165, 1.54) is 25.8 Å². The van der Waals surface area contributed by atoms with Crippen molar-refractivity contribution in [1.82, 2.24) is 9.79 Å². The number of carbonyl (C=O) groups excluding carboxylic acids is 1. The summed E-state index contributed by atoms with van der Waals surface area (Å²) in [6, 6.07) is 4.80. The van der Waals surface area contributed by atoms with E-state index in [4.69, 9.17) is 4.84 Å². The molecule has 1 aromatic carbocycles. The van der Waals surface area contributed by atoms with E-state index in [9.17, 15) is 13.2 Å². The molecule has 7 nitrogen and oxygen atoms in total. The van der Waals surface area contributed by atoms with Gasteiger partial charge in [-0.05, 0) is 56.1 Å². The van der Waals surface area contributed by atoms with Gasteiger partial charge in [0.25, 0.3) is 10.0 Å². The van der Waals surface area contributed by atoms with Crippen LogP contribution in [0.2, 0.25) is 0 Å². The number of nitrogens with zero attached hydrogens (tertiary/aromatic N) is 2. The molecule has 1 amide bonds. The summed E-state index contributed by atoms with van der Waals surface area (Å²) in [6.07, 6.45) is 3.05. The minimum Gasteiger partial charge on any atom is -0.312 e. The van der Waals surface area contributed by atoms with Gasteiger partial charge in [-0.25, -0.2) is 8.42 Å². The topological polar surface area (TPSA) is 79.0 Å². The molecule has 0 aromatic heterocycles.